The molecule has 2 aromatic rings. The first kappa shape index (κ1) is 21.0. The van der Waals surface area contributed by atoms with Gasteiger partial charge < -0.3 is 9.47 Å². The highest BCUT2D eigenvalue weighted by Gasteiger charge is 2.28. The molecule has 6 nitrogen and oxygen atoms in total. The third-order valence-corrected chi connectivity index (χ3v) is 7.42. The van der Waals surface area contributed by atoms with Crippen LogP contribution in [0.1, 0.15) is 28.4 Å². The molecule has 1 aliphatic heterocycles. The van der Waals surface area contributed by atoms with E-state index in [1.165, 1.54) is 0 Å². The van der Waals surface area contributed by atoms with Crippen LogP contribution in [0.2, 0.25) is 0 Å². The van der Waals surface area contributed by atoms with Gasteiger partial charge in [0, 0.05) is 51.7 Å². The SMILES string of the molecule is Cc1cc(C)c(S(=O)(=O)NCC(c2cccn2C)N2CCN(C)CC2)cc1C. The van der Waals surface area contributed by atoms with Crippen molar-refractivity contribution in [1.82, 2.24) is 19.1 Å². The van der Waals surface area contributed by atoms with Gasteiger partial charge in [0.25, 0.3) is 0 Å². The molecule has 0 spiro atoms. The Bertz CT molecular complexity index is 928. The maximum absolute atomic E-state index is 13.1. The predicted octanol–water partition coefficient (Wildman–Crippen LogP) is 2.22. The first-order chi connectivity index (χ1) is 13.2. The molecule has 1 N–H and O–H groups in total. The predicted molar refractivity (Wildman–Crippen MR) is 113 cm³/mol. The molecule has 0 bridgehead atoms. The number of likely N-dealkylation sites (N-methyl/N-ethyl adjacent to an activating group) is 1. The second-order valence-electron chi connectivity index (χ2n) is 7.95. The molecule has 0 saturated carbocycles. The average molecular weight is 405 g/mol. The van der Waals surface area contributed by atoms with Crippen LogP contribution in [-0.2, 0) is 17.1 Å². The normalized spacial score (nSPS) is 17.8. The van der Waals surface area contributed by atoms with E-state index >= 15 is 0 Å². The molecule has 28 heavy (non-hydrogen) atoms. The average Bonchev–Trinajstić information content (AvgIpc) is 3.05. The molecule has 0 amide bonds. The Kier molecular flexibility index (Phi) is 6.29. The van der Waals surface area contributed by atoms with E-state index in [1.807, 2.05) is 46.1 Å². The number of hydrogen-bond acceptors (Lipinski definition) is 4. The lowest BCUT2D eigenvalue weighted by atomic mass is 10.1. The second-order valence-corrected chi connectivity index (χ2v) is 9.69. The van der Waals surface area contributed by atoms with Gasteiger partial charge in [-0.1, -0.05) is 6.07 Å². The van der Waals surface area contributed by atoms with Gasteiger partial charge in [-0.25, -0.2) is 13.1 Å². The number of benzene rings is 1. The Hall–Kier alpha value is -1.67. The largest absolute Gasteiger partial charge is 0.353 e. The summed E-state index contributed by atoms with van der Waals surface area (Å²) in [6, 6.07) is 7.83. The Morgan fingerprint density at radius 1 is 1.00 bits per heavy atom. The summed E-state index contributed by atoms with van der Waals surface area (Å²) < 4.78 is 31.1. The molecule has 1 aromatic carbocycles. The Morgan fingerprint density at radius 3 is 2.25 bits per heavy atom. The standard InChI is InChI=1S/C21H32N4O2S/c1-16-13-18(3)21(14-17(16)2)28(26,27)22-15-20(19-7-6-8-24(19)5)25-11-9-23(4)10-12-25/h6-8,13-14,20,22H,9-12,15H2,1-5H3. The number of rotatable bonds is 6. The van der Waals surface area contributed by atoms with Gasteiger partial charge in [-0.05, 0) is 62.7 Å². The Morgan fingerprint density at radius 2 is 1.64 bits per heavy atom. The zero-order chi connectivity index (χ0) is 20.5. The number of hydrogen-bond donors (Lipinski definition) is 1. The van der Waals surface area contributed by atoms with E-state index in [2.05, 4.69) is 32.2 Å². The van der Waals surface area contributed by atoms with Gasteiger partial charge in [0.1, 0.15) is 0 Å². The van der Waals surface area contributed by atoms with E-state index in [4.69, 9.17) is 0 Å². The molecular weight excluding hydrogens is 372 g/mol. The van der Waals surface area contributed by atoms with Crippen molar-refractivity contribution >= 4 is 10.0 Å². The van der Waals surface area contributed by atoms with Crippen LogP contribution >= 0.6 is 0 Å². The maximum Gasteiger partial charge on any atom is 0.240 e. The van der Waals surface area contributed by atoms with Crippen LogP contribution in [0.5, 0.6) is 0 Å². The lowest BCUT2D eigenvalue weighted by Gasteiger charge is -2.38. The molecular formula is C21H32N4O2S. The third-order valence-electron chi connectivity index (χ3n) is 5.85. The number of nitrogens with one attached hydrogen (secondary N) is 1. The van der Waals surface area contributed by atoms with E-state index in [0.29, 0.717) is 11.4 Å². The van der Waals surface area contributed by atoms with Crippen LogP contribution in [0, 0.1) is 20.8 Å². The van der Waals surface area contributed by atoms with Gasteiger partial charge in [-0.2, -0.15) is 0 Å². The molecule has 7 heteroatoms. The highest BCUT2D eigenvalue weighted by molar-refractivity contribution is 7.89. The van der Waals surface area contributed by atoms with Crippen LogP contribution in [-0.4, -0.2) is 62.6 Å². The van der Waals surface area contributed by atoms with Crippen LogP contribution in [0.3, 0.4) is 0 Å². The fourth-order valence-electron chi connectivity index (χ4n) is 3.86. The molecule has 1 fully saturated rings. The zero-order valence-electron chi connectivity index (χ0n) is 17.6. The summed E-state index contributed by atoms with van der Waals surface area (Å²) in [5.41, 5.74) is 4.01. The van der Waals surface area contributed by atoms with Crippen LogP contribution in [0.4, 0.5) is 0 Å². The minimum absolute atomic E-state index is 0.00956. The fourth-order valence-corrected chi connectivity index (χ4v) is 5.21. The Balaban J connectivity index is 1.83. The van der Waals surface area contributed by atoms with Crippen molar-refractivity contribution in [3.05, 3.63) is 52.8 Å². The van der Waals surface area contributed by atoms with E-state index in [0.717, 1.165) is 48.6 Å². The molecule has 0 radical (unpaired) electrons. The van der Waals surface area contributed by atoms with Crippen molar-refractivity contribution in [1.29, 1.82) is 0 Å². The van der Waals surface area contributed by atoms with Crippen molar-refractivity contribution < 1.29 is 8.42 Å². The van der Waals surface area contributed by atoms with E-state index in [1.54, 1.807) is 6.07 Å². The smallest absolute Gasteiger partial charge is 0.240 e. The summed E-state index contributed by atoms with van der Waals surface area (Å²) >= 11 is 0. The molecule has 1 saturated heterocycles. The van der Waals surface area contributed by atoms with Crippen LogP contribution < -0.4 is 4.72 Å². The molecule has 0 aliphatic carbocycles. The monoisotopic (exact) mass is 404 g/mol. The minimum Gasteiger partial charge on any atom is -0.353 e. The maximum atomic E-state index is 13.1. The van der Waals surface area contributed by atoms with Crippen molar-refractivity contribution in [3.63, 3.8) is 0 Å². The molecule has 154 valence electrons. The lowest BCUT2D eigenvalue weighted by Crippen LogP contribution is -2.48. The van der Waals surface area contributed by atoms with Crippen molar-refractivity contribution in [2.24, 2.45) is 7.05 Å². The summed E-state index contributed by atoms with van der Waals surface area (Å²) in [7, 11) is 0.564. The molecule has 2 heterocycles. The summed E-state index contributed by atoms with van der Waals surface area (Å²) in [5.74, 6) is 0. The van der Waals surface area contributed by atoms with Crippen molar-refractivity contribution in [3.8, 4) is 0 Å². The van der Waals surface area contributed by atoms with Gasteiger partial charge in [0.15, 0.2) is 0 Å². The topological polar surface area (TPSA) is 57.6 Å². The summed E-state index contributed by atoms with van der Waals surface area (Å²) in [6.07, 6.45) is 2.01. The first-order valence-corrected chi connectivity index (χ1v) is 11.3. The highest BCUT2D eigenvalue weighted by Crippen LogP contribution is 2.24. The molecule has 3 rings (SSSR count). The van der Waals surface area contributed by atoms with Gasteiger partial charge in [0.05, 0.1) is 10.9 Å². The van der Waals surface area contributed by atoms with E-state index in [9.17, 15) is 8.42 Å². The third kappa shape index (κ3) is 4.49. The number of sulfonamides is 1. The molecule has 1 aliphatic rings. The fraction of sp³-hybridized carbons (Fsp3) is 0.524. The molecule has 1 unspecified atom stereocenters. The van der Waals surface area contributed by atoms with Gasteiger partial charge in [0.2, 0.25) is 10.0 Å². The molecule has 1 atom stereocenters. The van der Waals surface area contributed by atoms with Crippen molar-refractivity contribution in [2.45, 2.75) is 31.7 Å². The highest BCUT2D eigenvalue weighted by atomic mass is 32.2. The number of piperazine rings is 1. The van der Waals surface area contributed by atoms with Gasteiger partial charge in [-0.3, -0.25) is 4.90 Å². The number of nitrogens with zero attached hydrogens (tertiary/aromatic N) is 3. The second kappa shape index (κ2) is 8.37. The zero-order valence-corrected chi connectivity index (χ0v) is 18.4. The van der Waals surface area contributed by atoms with Gasteiger partial charge >= 0.3 is 0 Å². The van der Waals surface area contributed by atoms with E-state index in [-0.39, 0.29) is 6.04 Å². The summed E-state index contributed by atoms with van der Waals surface area (Å²) in [6.45, 7) is 10.0. The van der Waals surface area contributed by atoms with E-state index < -0.39 is 10.0 Å². The summed E-state index contributed by atoms with van der Waals surface area (Å²) in [5, 5.41) is 0. The quantitative estimate of drug-likeness (QED) is 0.802. The Labute approximate surface area is 169 Å². The number of aromatic nitrogens is 1. The van der Waals surface area contributed by atoms with Crippen molar-refractivity contribution in [2.75, 3.05) is 39.8 Å². The van der Waals surface area contributed by atoms with Crippen LogP contribution in [0.15, 0.2) is 35.4 Å². The lowest BCUT2D eigenvalue weighted by molar-refractivity contribution is 0.109. The molecule has 1 aromatic heterocycles. The van der Waals surface area contributed by atoms with Crippen LogP contribution in [0.25, 0.3) is 0 Å². The first-order valence-electron chi connectivity index (χ1n) is 9.80. The number of aryl methyl sites for hydroxylation is 4. The minimum atomic E-state index is -3.57. The summed E-state index contributed by atoms with van der Waals surface area (Å²) in [4.78, 5) is 5.06. The van der Waals surface area contributed by atoms with Gasteiger partial charge in [-0.15, -0.1) is 0 Å².